The number of esters is 1. The smallest absolute Gasteiger partial charge is 0.328 e. The minimum absolute atomic E-state index is 0.104. The lowest BCUT2D eigenvalue weighted by molar-refractivity contribution is -0.145. The summed E-state index contributed by atoms with van der Waals surface area (Å²) < 4.78 is 4.60. The zero-order chi connectivity index (χ0) is 13.3. The van der Waals surface area contributed by atoms with Crippen molar-refractivity contribution in [3.8, 4) is 0 Å². The fourth-order valence-corrected chi connectivity index (χ4v) is 1.38. The second kappa shape index (κ2) is 8.98. The van der Waals surface area contributed by atoms with E-state index in [1.807, 2.05) is 6.92 Å². The molecular weight excluding hydrogens is 220 g/mol. The zero-order valence-electron chi connectivity index (χ0n) is 11.2. The van der Waals surface area contributed by atoms with Crippen molar-refractivity contribution < 1.29 is 14.3 Å². The van der Waals surface area contributed by atoms with Crippen molar-refractivity contribution in [3.05, 3.63) is 0 Å². The van der Waals surface area contributed by atoms with Crippen molar-refractivity contribution in [3.63, 3.8) is 0 Å². The average Bonchev–Trinajstić information content (AvgIpc) is 2.30. The number of hydrogen-bond acceptors (Lipinski definition) is 4. The molecule has 0 heterocycles. The van der Waals surface area contributed by atoms with Gasteiger partial charge in [-0.1, -0.05) is 20.8 Å². The van der Waals surface area contributed by atoms with Gasteiger partial charge < -0.3 is 15.4 Å². The molecule has 0 aliphatic carbocycles. The fraction of sp³-hybridized carbons (Fsp3) is 0.833. The topological polar surface area (TPSA) is 67.4 Å². The number of carbonyl (C=O) groups excluding carboxylic acids is 2. The molecule has 0 rings (SSSR count). The van der Waals surface area contributed by atoms with Gasteiger partial charge in [-0.15, -0.1) is 0 Å². The van der Waals surface area contributed by atoms with Gasteiger partial charge in [0, 0.05) is 12.5 Å². The monoisotopic (exact) mass is 244 g/mol. The van der Waals surface area contributed by atoms with Crippen LogP contribution in [0.2, 0.25) is 0 Å². The Kier molecular flexibility index (Phi) is 8.40. The maximum atomic E-state index is 11.5. The molecule has 0 spiro atoms. The van der Waals surface area contributed by atoms with E-state index in [1.54, 1.807) is 0 Å². The number of nitrogens with one attached hydrogen (secondary N) is 2. The maximum Gasteiger partial charge on any atom is 0.328 e. The van der Waals surface area contributed by atoms with Crippen LogP contribution >= 0.6 is 0 Å². The van der Waals surface area contributed by atoms with Gasteiger partial charge in [0.1, 0.15) is 6.04 Å². The van der Waals surface area contributed by atoms with Crippen LogP contribution in [0.4, 0.5) is 0 Å². The van der Waals surface area contributed by atoms with Gasteiger partial charge in [-0.3, -0.25) is 4.79 Å². The Labute approximate surface area is 103 Å². The van der Waals surface area contributed by atoms with E-state index in [-0.39, 0.29) is 11.9 Å². The van der Waals surface area contributed by atoms with Crippen LogP contribution < -0.4 is 10.6 Å². The minimum Gasteiger partial charge on any atom is -0.467 e. The third-order valence-corrected chi connectivity index (χ3v) is 2.36. The first-order valence-corrected chi connectivity index (χ1v) is 6.11. The Morgan fingerprint density at radius 2 is 1.94 bits per heavy atom. The normalized spacial score (nSPS) is 12.3. The molecule has 1 amide bonds. The van der Waals surface area contributed by atoms with Crippen LogP contribution in [-0.4, -0.2) is 37.6 Å². The van der Waals surface area contributed by atoms with Gasteiger partial charge in [0.2, 0.25) is 5.91 Å². The molecule has 2 N–H and O–H groups in total. The van der Waals surface area contributed by atoms with E-state index in [0.717, 1.165) is 13.0 Å². The predicted molar refractivity (Wildman–Crippen MR) is 66.6 cm³/mol. The molecule has 0 radical (unpaired) electrons. The molecule has 0 bridgehead atoms. The van der Waals surface area contributed by atoms with Crippen molar-refractivity contribution in [1.29, 1.82) is 0 Å². The van der Waals surface area contributed by atoms with Gasteiger partial charge in [0.25, 0.3) is 0 Å². The third kappa shape index (κ3) is 7.74. The number of hydrogen-bond donors (Lipinski definition) is 2. The molecule has 0 saturated carbocycles. The van der Waals surface area contributed by atoms with E-state index in [1.165, 1.54) is 7.11 Å². The molecule has 0 aromatic heterocycles. The summed E-state index contributed by atoms with van der Waals surface area (Å²) in [5.74, 6) is -0.492. The van der Waals surface area contributed by atoms with Gasteiger partial charge in [-0.25, -0.2) is 4.79 Å². The van der Waals surface area contributed by atoms with Crippen LogP contribution in [0, 0.1) is 0 Å². The van der Waals surface area contributed by atoms with Crippen LogP contribution in [0.5, 0.6) is 0 Å². The second-order valence-electron chi connectivity index (χ2n) is 4.26. The van der Waals surface area contributed by atoms with E-state index >= 15 is 0 Å². The van der Waals surface area contributed by atoms with Gasteiger partial charge in [0.05, 0.1) is 7.11 Å². The van der Waals surface area contributed by atoms with Crippen LogP contribution in [0.3, 0.4) is 0 Å². The van der Waals surface area contributed by atoms with E-state index in [2.05, 4.69) is 29.2 Å². The highest BCUT2D eigenvalue weighted by Gasteiger charge is 2.18. The molecule has 5 nitrogen and oxygen atoms in total. The van der Waals surface area contributed by atoms with Crippen LogP contribution in [-0.2, 0) is 14.3 Å². The van der Waals surface area contributed by atoms with Crippen molar-refractivity contribution >= 4 is 11.9 Å². The summed E-state index contributed by atoms with van der Waals surface area (Å²) in [5, 5.41) is 5.89. The van der Waals surface area contributed by atoms with E-state index in [0.29, 0.717) is 18.9 Å². The Hall–Kier alpha value is -1.10. The Balaban J connectivity index is 3.80. The summed E-state index contributed by atoms with van der Waals surface area (Å²) in [6.07, 6.45) is 1.73. The molecule has 0 aromatic rings. The number of amides is 1. The molecule has 1 unspecified atom stereocenters. The molecule has 0 aromatic carbocycles. The largest absolute Gasteiger partial charge is 0.467 e. The fourth-order valence-electron chi connectivity index (χ4n) is 1.38. The molecule has 0 aliphatic rings. The predicted octanol–water partition coefficient (Wildman–Crippen LogP) is 0.832. The molecule has 100 valence electrons. The summed E-state index contributed by atoms with van der Waals surface area (Å²) >= 11 is 0. The summed E-state index contributed by atoms with van der Waals surface area (Å²) in [7, 11) is 1.32. The molecular formula is C12H24N2O3. The lowest BCUT2D eigenvalue weighted by Crippen LogP contribution is -2.41. The highest BCUT2D eigenvalue weighted by molar-refractivity contribution is 5.84. The first kappa shape index (κ1) is 15.9. The van der Waals surface area contributed by atoms with Gasteiger partial charge >= 0.3 is 5.97 Å². The van der Waals surface area contributed by atoms with Crippen molar-refractivity contribution in [2.75, 3.05) is 13.7 Å². The maximum absolute atomic E-state index is 11.5. The van der Waals surface area contributed by atoms with E-state index in [9.17, 15) is 9.59 Å². The molecule has 5 heteroatoms. The number of ether oxygens (including phenoxy) is 1. The SMILES string of the molecule is CCC(NC(=O)CCCNC(C)C)C(=O)OC. The van der Waals surface area contributed by atoms with E-state index < -0.39 is 6.04 Å². The van der Waals surface area contributed by atoms with Gasteiger partial charge in [-0.2, -0.15) is 0 Å². The summed E-state index contributed by atoms with van der Waals surface area (Å²) in [4.78, 5) is 22.8. The average molecular weight is 244 g/mol. The first-order chi connectivity index (χ1) is 8.01. The third-order valence-electron chi connectivity index (χ3n) is 2.36. The molecule has 0 saturated heterocycles. The molecule has 1 atom stereocenters. The van der Waals surface area contributed by atoms with Crippen molar-refractivity contribution in [2.24, 2.45) is 0 Å². The molecule has 0 aliphatic heterocycles. The zero-order valence-corrected chi connectivity index (χ0v) is 11.2. The lowest BCUT2D eigenvalue weighted by Gasteiger charge is -2.14. The van der Waals surface area contributed by atoms with Crippen LogP contribution in [0.15, 0.2) is 0 Å². The standard InChI is InChI=1S/C12H24N2O3/c1-5-10(12(16)17-4)14-11(15)7-6-8-13-9(2)3/h9-10,13H,5-8H2,1-4H3,(H,14,15). The Bertz CT molecular complexity index is 242. The number of rotatable bonds is 8. The minimum atomic E-state index is -0.523. The van der Waals surface area contributed by atoms with Crippen molar-refractivity contribution in [2.45, 2.75) is 52.1 Å². The second-order valence-corrected chi connectivity index (χ2v) is 4.26. The Morgan fingerprint density at radius 1 is 1.29 bits per heavy atom. The Morgan fingerprint density at radius 3 is 2.41 bits per heavy atom. The first-order valence-electron chi connectivity index (χ1n) is 6.11. The lowest BCUT2D eigenvalue weighted by atomic mass is 10.2. The van der Waals surface area contributed by atoms with Gasteiger partial charge in [0.15, 0.2) is 0 Å². The molecule has 17 heavy (non-hydrogen) atoms. The highest BCUT2D eigenvalue weighted by Crippen LogP contribution is 1.96. The quantitative estimate of drug-likeness (QED) is 0.490. The summed E-state index contributed by atoms with van der Waals surface area (Å²) in [5.41, 5.74) is 0. The van der Waals surface area contributed by atoms with Gasteiger partial charge in [-0.05, 0) is 19.4 Å². The van der Waals surface area contributed by atoms with E-state index in [4.69, 9.17) is 0 Å². The van der Waals surface area contributed by atoms with Crippen LogP contribution in [0.1, 0.15) is 40.0 Å². The van der Waals surface area contributed by atoms with Crippen LogP contribution in [0.25, 0.3) is 0 Å². The summed E-state index contributed by atoms with van der Waals surface area (Å²) in [6.45, 7) is 6.76. The number of methoxy groups -OCH3 is 1. The summed E-state index contributed by atoms with van der Waals surface area (Å²) in [6, 6.07) is -0.0953. The van der Waals surface area contributed by atoms with Crippen molar-refractivity contribution in [1.82, 2.24) is 10.6 Å². The molecule has 0 fully saturated rings. The number of carbonyl (C=O) groups is 2. The highest BCUT2D eigenvalue weighted by atomic mass is 16.5.